The Morgan fingerprint density at radius 1 is 1.27 bits per heavy atom. The smallest absolute Gasteiger partial charge is 0.193 e. The van der Waals surface area contributed by atoms with E-state index in [-0.39, 0.29) is 0 Å². The summed E-state index contributed by atoms with van der Waals surface area (Å²) in [6.45, 7) is 12.1. The zero-order valence-corrected chi connectivity index (χ0v) is 15.1. The largest absolute Gasteiger partial charge is 0.384 e. The number of nitrogens with zero attached hydrogens (tertiary/aromatic N) is 3. The summed E-state index contributed by atoms with van der Waals surface area (Å²) in [4.78, 5) is 9.36. The summed E-state index contributed by atoms with van der Waals surface area (Å²) in [5, 5.41) is 3.52. The molecule has 0 amide bonds. The summed E-state index contributed by atoms with van der Waals surface area (Å²) in [5.74, 6) is 1.70. The van der Waals surface area contributed by atoms with Crippen LogP contribution in [0.3, 0.4) is 0 Å². The molecule has 0 bridgehead atoms. The lowest BCUT2D eigenvalue weighted by molar-refractivity contribution is 0.157. The zero-order chi connectivity index (χ0) is 16.2. The highest BCUT2D eigenvalue weighted by Gasteiger charge is 2.24. The number of guanidine groups is 1. The Balaban J connectivity index is 2.24. The predicted octanol–water partition coefficient (Wildman–Crippen LogP) is 2.04. The summed E-state index contributed by atoms with van der Waals surface area (Å²) in [6.07, 6.45) is 4.86. The standard InChI is InChI=1S/C17H36N4O/c1-5-10-20(11-6-2)12-7-9-19-17(18-3)21-13-8-16(14-21)15-22-4/h16H,5-15H2,1-4H3,(H,18,19). The van der Waals surface area contributed by atoms with Crippen LogP contribution in [0.15, 0.2) is 4.99 Å². The molecule has 1 rings (SSSR count). The Labute approximate surface area is 137 Å². The highest BCUT2D eigenvalue weighted by Crippen LogP contribution is 2.16. The molecule has 0 aromatic carbocycles. The lowest BCUT2D eigenvalue weighted by atomic mass is 10.1. The molecule has 22 heavy (non-hydrogen) atoms. The number of likely N-dealkylation sites (tertiary alicyclic amines) is 1. The fourth-order valence-corrected chi connectivity index (χ4v) is 3.20. The maximum atomic E-state index is 5.27. The van der Waals surface area contributed by atoms with Crippen LogP contribution < -0.4 is 5.32 Å². The third-order valence-electron chi connectivity index (χ3n) is 4.21. The number of methoxy groups -OCH3 is 1. The molecule has 0 spiro atoms. The van der Waals surface area contributed by atoms with Crippen LogP contribution in [0.1, 0.15) is 39.5 Å². The molecule has 5 nitrogen and oxygen atoms in total. The summed E-state index contributed by atoms with van der Waals surface area (Å²) in [5.41, 5.74) is 0. The van der Waals surface area contributed by atoms with Crippen LogP contribution in [0, 0.1) is 5.92 Å². The van der Waals surface area contributed by atoms with E-state index in [1.54, 1.807) is 7.11 Å². The van der Waals surface area contributed by atoms with Crippen molar-refractivity contribution in [2.24, 2.45) is 10.9 Å². The third kappa shape index (κ3) is 6.97. The molecule has 1 atom stereocenters. The third-order valence-corrected chi connectivity index (χ3v) is 4.21. The van der Waals surface area contributed by atoms with Crippen molar-refractivity contribution in [1.82, 2.24) is 15.1 Å². The Hall–Kier alpha value is -0.810. The van der Waals surface area contributed by atoms with Gasteiger partial charge in [0, 0.05) is 39.7 Å². The van der Waals surface area contributed by atoms with E-state index >= 15 is 0 Å². The molecule has 0 radical (unpaired) electrons. The van der Waals surface area contributed by atoms with E-state index in [0.29, 0.717) is 5.92 Å². The molecule has 0 aromatic rings. The summed E-state index contributed by atoms with van der Waals surface area (Å²) < 4.78 is 5.27. The average Bonchev–Trinajstić information content (AvgIpc) is 2.96. The lowest BCUT2D eigenvalue weighted by Crippen LogP contribution is -2.41. The van der Waals surface area contributed by atoms with Crippen molar-refractivity contribution >= 4 is 5.96 Å². The maximum Gasteiger partial charge on any atom is 0.193 e. The van der Waals surface area contributed by atoms with E-state index in [1.165, 1.54) is 45.3 Å². The van der Waals surface area contributed by atoms with E-state index in [1.807, 2.05) is 7.05 Å². The van der Waals surface area contributed by atoms with Crippen molar-refractivity contribution in [3.8, 4) is 0 Å². The zero-order valence-electron chi connectivity index (χ0n) is 15.1. The van der Waals surface area contributed by atoms with Crippen LogP contribution in [-0.2, 0) is 4.74 Å². The predicted molar refractivity (Wildman–Crippen MR) is 94.6 cm³/mol. The Morgan fingerprint density at radius 3 is 2.59 bits per heavy atom. The van der Waals surface area contributed by atoms with Gasteiger partial charge in [0.05, 0.1) is 6.61 Å². The van der Waals surface area contributed by atoms with Gasteiger partial charge in [-0.15, -0.1) is 0 Å². The van der Waals surface area contributed by atoms with Crippen molar-refractivity contribution in [1.29, 1.82) is 0 Å². The van der Waals surface area contributed by atoms with Crippen LogP contribution in [0.5, 0.6) is 0 Å². The van der Waals surface area contributed by atoms with Gasteiger partial charge in [-0.05, 0) is 45.3 Å². The van der Waals surface area contributed by atoms with Gasteiger partial charge < -0.3 is 19.9 Å². The molecular formula is C17H36N4O. The molecule has 1 unspecified atom stereocenters. The molecule has 0 saturated carbocycles. The van der Waals surface area contributed by atoms with E-state index < -0.39 is 0 Å². The summed E-state index contributed by atoms with van der Waals surface area (Å²) in [6, 6.07) is 0. The normalized spacial score (nSPS) is 19.2. The van der Waals surface area contributed by atoms with Gasteiger partial charge in [0.25, 0.3) is 0 Å². The van der Waals surface area contributed by atoms with Gasteiger partial charge in [-0.1, -0.05) is 13.8 Å². The minimum absolute atomic E-state index is 0.646. The van der Waals surface area contributed by atoms with Crippen molar-refractivity contribution in [2.45, 2.75) is 39.5 Å². The molecule has 1 aliphatic heterocycles. The van der Waals surface area contributed by atoms with E-state index in [2.05, 4.69) is 34.0 Å². The first-order valence-electron chi connectivity index (χ1n) is 8.92. The van der Waals surface area contributed by atoms with Crippen molar-refractivity contribution in [2.75, 3.05) is 60.0 Å². The molecule has 5 heteroatoms. The van der Waals surface area contributed by atoms with Gasteiger partial charge in [-0.25, -0.2) is 0 Å². The fraction of sp³-hybridized carbons (Fsp3) is 0.941. The second-order valence-corrected chi connectivity index (χ2v) is 6.23. The van der Waals surface area contributed by atoms with Gasteiger partial charge in [0.15, 0.2) is 5.96 Å². The van der Waals surface area contributed by atoms with Crippen molar-refractivity contribution in [3.63, 3.8) is 0 Å². The number of aliphatic imine (C=N–C) groups is 1. The molecule has 0 aliphatic carbocycles. The van der Waals surface area contributed by atoms with Gasteiger partial charge in [-0.2, -0.15) is 0 Å². The second-order valence-electron chi connectivity index (χ2n) is 6.23. The Morgan fingerprint density at radius 2 is 2.00 bits per heavy atom. The van der Waals surface area contributed by atoms with Crippen molar-refractivity contribution < 1.29 is 4.74 Å². The van der Waals surface area contributed by atoms with E-state index in [9.17, 15) is 0 Å². The van der Waals surface area contributed by atoms with Crippen LogP contribution in [0.2, 0.25) is 0 Å². The van der Waals surface area contributed by atoms with Gasteiger partial charge in [0.2, 0.25) is 0 Å². The molecule has 1 fully saturated rings. The number of rotatable bonds is 10. The first-order chi connectivity index (χ1) is 10.7. The minimum Gasteiger partial charge on any atom is -0.384 e. The fourth-order valence-electron chi connectivity index (χ4n) is 3.20. The summed E-state index contributed by atoms with van der Waals surface area (Å²) >= 11 is 0. The highest BCUT2D eigenvalue weighted by molar-refractivity contribution is 5.80. The molecular weight excluding hydrogens is 276 g/mol. The van der Waals surface area contributed by atoms with Crippen LogP contribution >= 0.6 is 0 Å². The first-order valence-corrected chi connectivity index (χ1v) is 8.92. The average molecular weight is 313 g/mol. The molecule has 1 N–H and O–H groups in total. The molecule has 130 valence electrons. The Kier molecular flexibility index (Phi) is 10.2. The van der Waals surface area contributed by atoms with Gasteiger partial charge in [0.1, 0.15) is 0 Å². The van der Waals surface area contributed by atoms with E-state index in [0.717, 1.165) is 32.2 Å². The topological polar surface area (TPSA) is 40.1 Å². The minimum atomic E-state index is 0.646. The number of hydrogen-bond donors (Lipinski definition) is 1. The molecule has 1 heterocycles. The summed E-state index contributed by atoms with van der Waals surface area (Å²) in [7, 11) is 3.67. The SMILES string of the molecule is CCCN(CCC)CCCNC(=NC)N1CCC(COC)C1. The first kappa shape index (κ1) is 19.2. The monoisotopic (exact) mass is 312 g/mol. The number of nitrogens with one attached hydrogen (secondary N) is 1. The highest BCUT2D eigenvalue weighted by atomic mass is 16.5. The molecule has 0 aromatic heterocycles. The van der Waals surface area contributed by atoms with Crippen LogP contribution in [-0.4, -0.2) is 75.8 Å². The Bertz CT molecular complexity index is 303. The van der Waals surface area contributed by atoms with E-state index in [4.69, 9.17) is 4.74 Å². The maximum absolute atomic E-state index is 5.27. The lowest BCUT2D eigenvalue weighted by Gasteiger charge is -2.23. The number of hydrogen-bond acceptors (Lipinski definition) is 3. The van der Waals surface area contributed by atoms with Crippen molar-refractivity contribution in [3.05, 3.63) is 0 Å². The second kappa shape index (κ2) is 11.7. The molecule has 1 saturated heterocycles. The quantitative estimate of drug-likeness (QED) is 0.381. The number of ether oxygens (including phenoxy) is 1. The van der Waals surface area contributed by atoms with Crippen LogP contribution in [0.4, 0.5) is 0 Å². The van der Waals surface area contributed by atoms with Crippen LogP contribution in [0.25, 0.3) is 0 Å². The molecule has 1 aliphatic rings. The van der Waals surface area contributed by atoms with Gasteiger partial charge >= 0.3 is 0 Å². The van der Waals surface area contributed by atoms with Gasteiger partial charge in [-0.3, -0.25) is 4.99 Å².